The summed E-state index contributed by atoms with van der Waals surface area (Å²) in [5.74, 6) is 1.15. The van der Waals surface area contributed by atoms with Gasteiger partial charge in [-0.2, -0.15) is 0 Å². The van der Waals surface area contributed by atoms with Gasteiger partial charge in [0.1, 0.15) is 11.3 Å². The quantitative estimate of drug-likeness (QED) is 0.477. The van der Waals surface area contributed by atoms with Crippen LogP contribution in [-0.2, 0) is 6.42 Å². The van der Waals surface area contributed by atoms with Crippen LogP contribution in [0.5, 0.6) is 0 Å². The molecule has 1 aliphatic rings. The van der Waals surface area contributed by atoms with Crippen molar-refractivity contribution >= 4 is 39.3 Å². The van der Waals surface area contributed by atoms with Crippen LogP contribution in [0.4, 0.5) is 11.5 Å². The van der Waals surface area contributed by atoms with Crippen molar-refractivity contribution in [3.05, 3.63) is 65.6 Å². The van der Waals surface area contributed by atoms with Gasteiger partial charge in [0.05, 0.1) is 11.1 Å². The fourth-order valence-corrected chi connectivity index (χ4v) is 3.58. The lowest BCUT2D eigenvalue weighted by atomic mass is 10.1. The number of aromatic carboxylic acids is 1. The van der Waals surface area contributed by atoms with Gasteiger partial charge in [-0.25, -0.2) is 19.7 Å². The van der Waals surface area contributed by atoms with Gasteiger partial charge in [0.25, 0.3) is 0 Å². The van der Waals surface area contributed by atoms with Crippen molar-refractivity contribution in [2.45, 2.75) is 26.2 Å². The molecule has 6 nitrogen and oxygen atoms in total. The maximum Gasteiger partial charge on any atom is 0.335 e. The maximum atomic E-state index is 11.4. The van der Waals surface area contributed by atoms with Crippen molar-refractivity contribution in [3.63, 3.8) is 0 Å². The molecule has 0 saturated heterocycles. The lowest BCUT2D eigenvalue weighted by Crippen LogP contribution is -2.03. The summed E-state index contributed by atoms with van der Waals surface area (Å²) in [5, 5.41) is 14.4. The lowest BCUT2D eigenvalue weighted by molar-refractivity contribution is 0.0697. The summed E-state index contributed by atoms with van der Waals surface area (Å²) in [6.07, 6.45) is 5.20. The Kier molecular flexibility index (Phi) is 4.12. The van der Waals surface area contributed by atoms with Gasteiger partial charge in [-0.3, -0.25) is 0 Å². The number of fused-ring (bicyclic) bond motifs is 3. The van der Waals surface area contributed by atoms with E-state index in [0.717, 1.165) is 39.8 Å². The molecule has 6 heteroatoms. The Labute approximate surface area is 167 Å². The molecule has 0 radical (unpaired) electrons. The van der Waals surface area contributed by atoms with Crippen LogP contribution in [0.25, 0.3) is 21.8 Å². The highest BCUT2D eigenvalue weighted by molar-refractivity contribution is 6.09. The highest BCUT2D eigenvalue weighted by atomic mass is 16.4. The molecule has 2 heterocycles. The number of rotatable bonds is 5. The van der Waals surface area contributed by atoms with E-state index in [1.165, 1.54) is 12.8 Å². The second-order valence-electron chi connectivity index (χ2n) is 7.69. The van der Waals surface area contributed by atoms with E-state index in [2.05, 4.69) is 10.3 Å². The molecule has 144 valence electrons. The number of aryl methyl sites for hydroxylation is 1. The Balaban J connectivity index is 1.71. The summed E-state index contributed by atoms with van der Waals surface area (Å²) in [5.41, 5.74) is 3.61. The molecule has 0 aliphatic heterocycles. The molecule has 0 bridgehead atoms. The summed E-state index contributed by atoms with van der Waals surface area (Å²) in [6.45, 7) is 2.03. The Hall–Kier alpha value is -3.54. The molecule has 4 aromatic rings. The van der Waals surface area contributed by atoms with Crippen LogP contribution >= 0.6 is 0 Å². The number of benzene rings is 2. The number of pyridine rings is 1. The van der Waals surface area contributed by atoms with Gasteiger partial charge in [0.15, 0.2) is 5.82 Å². The number of nitrogens with zero attached hydrogens (tertiary/aromatic N) is 3. The molecule has 1 aliphatic carbocycles. The molecule has 0 atom stereocenters. The van der Waals surface area contributed by atoms with Crippen molar-refractivity contribution in [1.82, 2.24) is 15.0 Å². The number of carbonyl (C=O) groups is 1. The molecule has 2 aromatic heterocycles. The number of aromatic nitrogens is 3. The largest absolute Gasteiger partial charge is 0.478 e. The van der Waals surface area contributed by atoms with Gasteiger partial charge in [-0.1, -0.05) is 18.2 Å². The molecule has 0 unspecified atom stereocenters. The van der Waals surface area contributed by atoms with E-state index >= 15 is 0 Å². The van der Waals surface area contributed by atoms with Gasteiger partial charge < -0.3 is 10.4 Å². The van der Waals surface area contributed by atoms with Gasteiger partial charge in [0.2, 0.25) is 0 Å². The summed E-state index contributed by atoms with van der Waals surface area (Å²) in [7, 11) is 0. The first kappa shape index (κ1) is 17.6. The maximum absolute atomic E-state index is 11.4. The minimum Gasteiger partial charge on any atom is -0.478 e. The smallest absolute Gasteiger partial charge is 0.335 e. The Morgan fingerprint density at radius 2 is 2.00 bits per heavy atom. The van der Waals surface area contributed by atoms with Crippen LogP contribution in [0, 0.1) is 12.8 Å². The number of carboxylic acids is 1. The Morgan fingerprint density at radius 3 is 2.76 bits per heavy atom. The predicted octanol–water partition coefficient (Wildman–Crippen LogP) is 4.88. The molecular weight excluding hydrogens is 364 g/mol. The van der Waals surface area contributed by atoms with Gasteiger partial charge >= 0.3 is 5.97 Å². The minimum atomic E-state index is -0.974. The van der Waals surface area contributed by atoms with Crippen LogP contribution in [0.3, 0.4) is 0 Å². The summed E-state index contributed by atoms with van der Waals surface area (Å²) < 4.78 is 0. The summed E-state index contributed by atoms with van der Waals surface area (Å²) >= 11 is 0. The number of anilines is 2. The minimum absolute atomic E-state index is 0.206. The molecule has 5 rings (SSSR count). The molecule has 1 fully saturated rings. The standard InChI is InChI=1S/C23H20N4O2/c1-13-3-2-4-16(9-13)25-22-21-18(12-24-20(27-21)10-14-5-6-14)17-8-7-15(23(28)29)11-19(17)26-22/h2-4,7-9,11-12,14H,5-6,10H2,1H3,(H,25,26)(H,28,29). The predicted molar refractivity (Wildman–Crippen MR) is 113 cm³/mol. The number of nitrogens with one attached hydrogen (secondary N) is 1. The van der Waals surface area contributed by atoms with Gasteiger partial charge in [-0.05, 0) is 55.5 Å². The number of carboxylic acid groups (broad SMARTS) is 1. The molecular formula is C23H20N4O2. The van der Waals surface area contributed by atoms with E-state index in [9.17, 15) is 9.90 Å². The molecule has 2 N–H and O–H groups in total. The van der Waals surface area contributed by atoms with Crippen molar-refractivity contribution in [3.8, 4) is 0 Å². The number of hydrogen-bond donors (Lipinski definition) is 2. The molecule has 2 aromatic carbocycles. The topological polar surface area (TPSA) is 88.0 Å². The van der Waals surface area contributed by atoms with Crippen molar-refractivity contribution in [2.75, 3.05) is 5.32 Å². The Bertz CT molecular complexity index is 1260. The third-order valence-corrected chi connectivity index (χ3v) is 5.28. The van der Waals surface area contributed by atoms with E-state index in [1.54, 1.807) is 18.2 Å². The van der Waals surface area contributed by atoms with Crippen molar-refractivity contribution in [1.29, 1.82) is 0 Å². The van der Waals surface area contributed by atoms with Gasteiger partial charge in [0, 0.05) is 29.1 Å². The van der Waals surface area contributed by atoms with E-state index < -0.39 is 5.97 Å². The monoisotopic (exact) mass is 384 g/mol. The van der Waals surface area contributed by atoms with Crippen LogP contribution in [-0.4, -0.2) is 26.0 Å². The first-order chi connectivity index (χ1) is 14.1. The Morgan fingerprint density at radius 1 is 1.14 bits per heavy atom. The van der Waals surface area contributed by atoms with Crippen LogP contribution in [0.15, 0.2) is 48.7 Å². The van der Waals surface area contributed by atoms with Gasteiger partial charge in [-0.15, -0.1) is 0 Å². The van der Waals surface area contributed by atoms with Crippen LogP contribution in [0.1, 0.15) is 34.6 Å². The fourth-order valence-electron chi connectivity index (χ4n) is 3.58. The van der Waals surface area contributed by atoms with E-state index in [4.69, 9.17) is 9.97 Å². The summed E-state index contributed by atoms with van der Waals surface area (Å²) in [6, 6.07) is 13.0. The zero-order valence-corrected chi connectivity index (χ0v) is 16.0. The number of hydrogen-bond acceptors (Lipinski definition) is 5. The van der Waals surface area contributed by atoms with Crippen LogP contribution < -0.4 is 5.32 Å². The second-order valence-corrected chi connectivity index (χ2v) is 7.69. The third kappa shape index (κ3) is 3.49. The lowest BCUT2D eigenvalue weighted by Gasteiger charge is -2.12. The second kappa shape index (κ2) is 6.81. The van der Waals surface area contributed by atoms with E-state index in [1.807, 2.05) is 37.4 Å². The van der Waals surface area contributed by atoms with Crippen molar-refractivity contribution in [2.24, 2.45) is 5.92 Å². The first-order valence-electron chi connectivity index (χ1n) is 9.73. The highest BCUT2D eigenvalue weighted by Crippen LogP contribution is 2.34. The average molecular weight is 384 g/mol. The zero-order chi connectivity index (χ0) is 20.0. The SMILES string of the molecule is Cc1cccc(Nc2nc3cc(C(=O)O)ccc3c3cnc(CC4CC4)nc23)c1. The fraction of sp³-hybridized carbons (Fsp3) is 0.217. The normalized spacial score (nSPS) is 13.7. The van der Waals surface area contributed by atoms with E-state index in [0.29, 0.717) is 17.3 Å². The molecule has 29 heavy (non-hydrogen) atoms. The molecule has 0 spiro atoms. The van der Waals surface area contributed by atoms with Crippen LogP contribution in [0.2, 0.25) is 0 Å². The zero-order valence-electron chi connectivity index (χ0n) is 16.0. The third-order valence-electron chi connectivity index (χ3n) is 5.28. The highest BCUT2D eigenvalue weighted by Gasteiger charge is 2.23. The molecule has 1 saturated carbocycles. The summed E-state index contributed by atoms with van der Waals surface area (Å²) in [4.78, 5) is 25.6. The molecule has 0 amide bonds. The average Bonchev–Trinajstić information content (AvgIpc) is 3.51. The first-order valence-corrected chi connectivity index (χ1v) is 9.73. The van der Waals surface area contributed by atoms with E-state index in [-0.39, 0.29) is 5.56 Å². The van der Waals surface area contributed by atoms with Crippen molar-refractivity contribution < 1.29 is 9.90 Å².